The van der Waals surface area contributed by atoms with Crippen molar-refractivity contribution in [2.24, 2.45) is 71.0 Å². The fourth-order valence-electron chi connectivity index (χ4n) is 19.4. The van der Waals surface area contributed by atoms with Crippen LogP contribution >= 0.6 is 35.3 Å². The van der Waals surface area contributed by atoms with Crippen molar-refractivity contribution in [1.29, 1.82) is 0 Å². The smallest absolute Gasteiger partial charge is 0.0123 e. The van der Waals surface area contributed by atoms with E-state index in [1.54, 1.807) is 180 Å². The zero-order valence-electron chi connectivity index (χ0n) is 37.1. The van der Waals surface area contributed by atoms with Crippen molar-refractivity contribution < 1.29 is 0 Å². The molecule has 0 amide bonds. The number of hydrogen-bond acceptors (Lipinski definition) is 4. The molecule has 14 atom stereocenters. The van der Waals surface area contributed by atoms with E-state index in [-0.39, 0.29) is 0 Å². The van der Waals surface area contributed by atoms with Gasteiger partial charge in [0.25, 0.3) is 0 Å². The van der Waals surface area contributed by atoms with Crippen LogP contribution in [-0.4, -0.2) is 54.5 Å². The number of hydrogen-bond donors (Lipinski definition) is 0. The Bertz CT molecular complexity index is 1360. The molecule has 326 valence electrons. The zero-order valence-corrected chi connectivity index (χ0v) is 39.6. The molecule has 12 rings (SSSR count). The summed E-state index contributed by atoms with van der Waals surface area (Å²) in [7, 11) is 0. The SMILES string of the molecule is C1CCC(C2CCC(N(C3CCC(C4CCC5SC6CCCCC6C5C4)CC3)C3CCC(C4CCCC5C6CCC7SC8CCCCC8C7C6SC45)CC3)CC2)CC1. The first-order valence-corrected chi connectivity index (χ1v) is 30.3. The van der Waals surface area contributed by atoms with Crippen LogP contribution in [0.4, 0.5) is 0 Å². The average molecular weight is 846 g/mol. The van der Waals surface area contributed by atoms with Gasteiger partial charge in [0.15, 0.2) is 0 Å². The molecule has 12 aliphatic rings. The van der Waals surface area contributed by atoms with Crippen LogP contribution in [0.15, 0.2) is 0 Å². The van der Waals surface area contributed by atoms with E-state index in [1.807, 2.05) is 0 Å². The van der Waals surface area contributed by atoms with Crippen molar-refractivity contribution in [3.63, 3.8) is 0 Å². The molecule has 58 heavy (non-hydrogen) atoms. The lowest BCUT2D eigenvalue weighted by atomic mass is 9.62. The van der Waals surface area contributed by atoms with Gasteiger partial charge in [-0.25, -0.2) is 0 Å². The molecule has 9 saturated carbocycles. The highest BCUT2D eigenvalue weighted by Gasteiger charge is 2.59. The molecule has 0 aromatic rings. The molecule has 0 spiro atoms. The minimum atomic E-state index is 0.918. The Morgan fingerprint density at radius 1 is 0.259 bits per heavy atom. The minimum absolute atomic E-state index is 0.918. The monoisotopic (exact) mass is 846 g/mol. The highest BCUT2D eigenvalue weighted by molar-refractivity contribution is 8.02. The van der Waals surface area contributed by atoms with Crippen molar-refractivity contribution >= 4 is 35.3 Å². The molecular weight excluding hydrogens is 759 g/mol. The summed E-state index contributed by atoms with van der Waals surface area (Å²) in [5.41, 5.74) is 0. The molecule has 1 nitrogen and oxygen atoms in total. The van der Waals surface area contributed by atoms with E-state index >= 15 is 0 Å². The molecule has 0 N–H and O–H groups in total. The Morgan fingerprint density at radius 2 is 0.741 bits per heavy atom. The van der Waals surface area contributed by atoms with Gasteiger partial charge in [-0.2, -0.15) is 35.3 Å². The number of nitrogens with zero attached hydrogens (tertiary/aromatic N) is 1. The van der Waals surface area contributed by atoms with Crippen molar-refractivity contribution in [3.8, 4) is 0 Å². The predicted octanol–water partition coefficient (Wildman–Crippen LogP) is 15.2. The zero-order chi connectivity index (χ0) is 38.2. The van der Waals surface area contributed by atoms with Gasteiger partial charge in [0.1, 0.15) is 0 Å². The summed E-state index contributed by atoms with van der Waals surface area (Å²) in [6.07, 6.45) is 51.8. The van der Waals surface area contributed by atoms with Crippen LogP contribution in [0.2, 0.25) is 0 Å². The van der Waals surface area contributed by atoms with Crippen molar-refractivity contribution in [2.45, 2.75) is 262 Å². The quantitative estimate of drug-likeness (QED) is 0.262. The Kier molecular flexibility index (Phi) is 12.4. The summed E-state index contributed by atoms with van der Waals surface area (Å²) in [5.74, 6) is 13.0. The first-order valence-electron chi connectivity index (χ1n) is 27.5. The third-order valence-electron chi connectivity index (χ3n) is 22.0. The topological polar surface area (TPSA) is 3.24 Å². The molecule has 12 fully saturated rings. The van der Waals surface area contributed by atoms with E-state index < -0.39 is 0 Å². The molecule has 0 bridgehead atoms. The van der Waals surface area contributed by atoms with E-state index in [0.717, 1.165) is 121 Å². The Hall–Kier alpha value is 1.01. The normalized spacial score (nSPS) is 53.5. The van der Waals surface area contributed by atoms with Crippen molar-refractivity contribution in [2.75, 3.05) is 0 Å². The summed E-state index contributed by atoms with van der Waals surface area (Å²) < 4.78 is 0. The van der Waals surface area contributed by atoms with Gasteiger partial charge in [-0.15, -0.1) is 0 Å². The van der Waals surface area contributed by atoms with Crippen LogP contribution in [0.25, 0.3) is 0 Å². The van der Waals surface area contributed by atoms with Gasteiger partial charge in [0.2, 0.25) is 0 Å². The van der Waals surface area contributed by atoms with Crippen molar-refractivity contribution in [3.05, 3.63) is 0 Å². The second-order valence-corrected chi connectivity index (χ2v) is 28.6. The molecule has 14 unspecified atom stereocenters. The minimum Gasteiger partial charge on any atom is -0.294 e. The fraction of sp³-hybridized carbons (Fsp3) is 1.00. The first-order chi connectivity index (χ1) is 28.7. The maximum atomic E-state index is 3.39. The van der Waals surface area contributed by atoms with Crippen LogP contribution in [-0.2, 0) is 0 Å². The summed E-state index contributed by atoms with van der Waals surface area (Å²) in [5, 5.41) is 6.29. The molecule has 4 heteroatoms. The third kappa shape index (κ3) is 7.64. The summed E-state index contributed by atoms with van der Waals surface area (Å²) in [6, 6.07) is 2.76. The van der Waals surface area contributed by atoms with Crippen molar-refractivity contribution in [1.82, 2.24) is 4.90 Å². The Balaban J connectivity index is 0.707. The Labute approximate surface area is 370 Å². The van der Waals surface area contributed by atoms with Crippen LogP contribution in [0, 0.1) is 71.0 Å². The largest absolute Gasteiger partial charge is 0.294 e. The summed E-state index contributed by atoms with van der Waals surface area (Å²) in [4.78, 5) is 3.39. The van der Waals surface area contributed by atoms with Crippen LogP contribution in [0.1, 0.15) is 212 Å². The molecular formula is C54H87NS3. The molecule has 0 aromatic carbocycles. The highest BCUT2D eigenvalue weighted by Crippen LogP contribution is 2.66. The van der Waals surface area contributed by atoms with E-state index in [9.17, 15) is 0 Å². The molecule has 0 radical (unpaired) electrons. The van der Waals surface area contributed by atoms with Gasteiger partial charge in [-0.3, -0.25) is 4.90 Å². The van der Waals surface area contributed by atoms with E-state index in [2.05, 4.69) is 40.2 Å². The second kappa shape index (κ2) is 17.8. The van der Waals surface area contributed by atoms with Gasteiger partial charge in [0.05, 0.1) is 0 Å². The number of thioether (sulfide) groups is 3. The molecule has 9 aliphatic carbocycles. The number of fused-ring (bicyclic) bond motifs is 10. The van der Waals surface area contributed by atoms with Gasteiger partial charge in [-0.05, 0) is 219 Å². The van der Waals surface area contributed by atoms with E-state index in [4.69, 9.17) is 0 Å². The lowest BCUT2D eigenvalue weighted by Crippen LogP contribution is -2.53. The van der Waals surface area contributed by atoms with Crippen LogP contribution in [0.3, 0.4) is 0 Å². The van der Waals surface area contributed by atoms with Gasteiger partial charge in [-0.1, -0.05) is 64.2 Å². The lowest BCUT2D eigenvalue weighted by molar-refractivity contribution is -0.0130. The standard InChI is InChI=1S/C54H87NS3/c1-2-9-34(10-3-1)35-17-24-39(25-18-35)55(40-26-19-36(20-27-40)38-23-31-50-47(33-38)43-11-4-6-15-48(43)56-50)41-28-21-37(22-29-41)42-13-8-14-44-45-30-32-51-52(54(45)58-53(42)44)46-12-5-7-16-49(46)57-51/h34-54H,1-33H2. The number of rotatable bonds is 6. The maximum absolute atomic E-state index is 3.39. The van der Waals surface area contributed by atoms with E-state index in [0.29, 0.717) is 0 Å². The first kappa shape index (κ1) is 40.5. The molecule has 3 saturated heterocycles. The maximum Gasteiger partial charge on any atom is 0.0123 e. The molecule has 3 aliphatic heterocycles. The Morgan fingerprint density at radius 3 is 1.47 bits per heavy atom. The lowest BCUT2D eigenvalue weighted by Gasteiger charge is -2.51. The average Bonchev–Trinajstić information content (AvgIpc) is 3.99. The van der Waals surface area contributed by atoms with Crippen LogP contribution in [0.5, 0.6) is 0 Å². The highest BCUT2D eigenvalue weighted by atomic mass is 32.2. The fourth-order valence-corrected chi connectivity index (χ4v) is 26.3. The van der Waals surface area contributed by atoms with Gasteiger partial charge < -0.3 is 0 Å². The van der Waals surface area contributed by atoms with Gasteiger partial charge >= 0.3 is 0 Å². The third-order valence-corrected chi connectivity index (χ3v) is 27.7. The second-order valence-electron chi connectivity index (χ2n) is 24.3. The summed E-state index contributed by atoms with van der Waals surface area (Å²) >= 11 is 7.68. The predicted molar refractivity (Wildman–Crippen MR) is 253 cm³/mol. The molecule has 3 heterocycles. The summed E-state index contributed by atoms with van der Waals surface area (Å²) in [6.45, 7) is 0. The van der Waals surface area contributed by atoms with Crippen LogP contribution < -0.4 is 0 Å². The van der Waals surface area contributed by atoms with E-state index in [1.165, 1.54) is 32.1 Å². The van der Waals surface area contributed by atoms with Gasteiger partial charge in [0, 0.05) is 49.6 Å². The molecule has 0 aromatic heterocycles.